The predicted octanol–water partition coefficient (Wildman–Crippen LogP) is 2.47. The molecule has 0 radical (unpaired) electrons. The molecule has 2 rings (SSSR count). The number of hydrogen-bond donors (Lipinski definition) is 2. The molecule has 0 aromatic heterocycles. The van der Waals surface area contributed by atoms with Crippen LogP contribution in [-0.4, -0.2) is 23.5 Å². The highest BCUT2D eigenvalue weighted by Gasteiger charge is 2.45. The second-order valence-corrected chi connectivity index (χ2v) is 5.86. The van der Waals surface area contributed by atoms with E-state index in [0.29, 0.717) is 24.9 Å². The van der Waals surface area contributed by atoms with Gasteiger partial charge in [0.2, 0.25) is 5.91 Å². The molecule has 0 aliphatic heterocycles. The molecule has 1 atom stereocenters. The van der Waals surface area contributed by atoms with Gasteiger partial charge in [-0.05, 0) is 36.5 Å². The summed E-state index contributed by atoms with van der Waals surface area (Å²) >= 11 is 0. The lowest BCUT2D eigenvalue weighted by Crippen LogP contribution is -2.50. The number of benzene rings is 1. The van der Waals surface area contributed by atoms with Gasteiger partial charge in [0.25, 0.3) is 0 Å². The largest absolute Gasteiger partial charge is 0.481 e. The van der Waals surface area contributed by atoms with Gasteiger partial charge in [0.05, 0.1) is 5.41 Å². The molecule has 21 heavy (non-hydrogen) atoms. The maximum Gasteiger partial charge on any atom is 0.303 e. The molecule has 0 bridgehead atoms. The highest BCUT2D eigenvalue weighted by molar-refractivity contribution is 5.89. The highest BCUT2D eigenvalue weighted by atomic mass is 19.1. The molecule has 1 aliphatic carbocycles. The summed E-state index contributed by atoms with van der Waals surface area (Å²) in [6.45, 7) is 2.10. The predicted molar refractivity (Wildman–Crippen MR) is 76.4 cm³/mol. The summed E-state index contributed by atoms with van der Waals surface area (Å²) in [5.74, 6) is -1.47. The zero-order chi connectivity index (χ0) is 15.5. The van der Waals surface area contributed by atoms with Gasteiger partial charge in [-0.15, -0.1) is 0 Å². The van der Waals surface area contributed by atoms with Crippen molar-refractivity contribution in [1.82, 2.24) is 5.32 Å². The Balaban J connectivity index is 2.03. The summed E-state index contributed by atoms with van der Waals surface area (Å²) in [6, 6.07) is 6.18. The van der Waals surface area contributed by atoms with Gasteiger partial charge in [-0.2, -0.15) is 0 Å². The monoisotopic (exact) mass is 293 g/mol. The number of hydrogen-bond acceptors (Lipinski definition) is 2. The molecule has 0 spiro atoms. The van der Waals surface area contributed by atoms with E-state index in [0.717, 1.165) is 6.42 Å². The van der Waals surface area contributed by atoms with Gasteiger partial charge in [-0.25, -0.2) is 4.39 Å². The summed E-state index contributed by atoms with van der Waals surface area (Å²) in [4.78, 5) is 23.1. The van der Waals surface area contributed by atoms with Crippen LogP contribution >= 0.6 is 0 Å². The SMILES string of the molecule is CC(CNC(=O)C1(c2cccc(F)c2)CCC1)CC(=O)O. The van der Waals surface area contributed by atoms with Crippen LogP contribution in [0.5, 0.6) is 0 Å². The van der Waals surface area contributed by atoms with Gasteiger partial charge >= 0.3 is 5.97 Å². The summed E-state index contributed by atoms with van der Waals surface area (Å²) in [6.07, 6.45) is 2.37. The van der Waals surface area contributed by atoms with Gasteiger partial charge in [-0.3, -0.25) is 9.59 Å². The molecule has 1 aromatic rings. The molecule has 1 saturated carbocycles. The summed E-state index contributed by atoms with van der Waals surface area (Å²) in [5, 5.41) is 11.5. The Morgan fingerprint density at radius 2 is 2.14 bits per heavy atom. The first kappa shape index (κ1) is 15.5. The van der Waals surface area contributed by atoms with E-state index in [9.17, 15) is 14.0 Å². The lowest BCUT2D eigenvalue weighted by molar-refractivity contribution is -0.138. The second kappa shape index (κ2) is 6.24. The third-order valence-electron chi connectivity index (χ3n) is 4.15. The minimum absolute atomic E-state index is 0.0211. The Kier molecular flexibility index (Phi) is 4.60. The van der Waals surface area contributed by atoms with Crippen LogP contribution in [0, 0.1) is 11.7 Å². The van der Waals surface area contributed by atoms with E-state index in [1.165, 1.54) is 12.1 Å². The Bertz CT molecular complexity index is 540. The van der Waals surface area contributed by atoms with Crippen LogP contribution in [0.3, 0.4) is 0 Å². The maximum atomic E-state index is 13.4. The minimum atomic E-state index is -0.875. The van der Waals surface area contributed by atoms with Crippen molar-refractivity contribution in [3.63, 3.8) is 0 Å². The number of carbonyl (C=O) groups is 2. The molecule has 2 N–H and O–H groups in total. The van der Waals surface area contributed by atoms with Crippen LogP contribution in [0.15, 0.2) is 24.3 Å². The Morgan fingerprint density at radius 1 is 1.43 bits per heavy atom. The normalized spacial score (nSPS) is 17.6. The third-order valence-corrected chi connectivity index (χ3v) is 4.15. The van der Waals surface area contributed by atoms with Crippen molar-refractivity contribution in [2.45, 2.75) is 38.0 Å². The molecule has 1 fully saturated rings. The molecule has 1 amide bonds. The number of amides is 1. The molecule has 5 heteroatoms. The van der Waals surface area contributed by atoms with Gasteiger partial charge in [0.1, 0.15) is 5.82 Å². The quantitative estimate of drug-likeness (QED) is 0.846. The molecule has 1 aliphatic rings. The average molecular weight is 293 g/mol. The molecule has 1 aromatic carbocycles. The van der Waals surface area contributed by atoms with Crippen molar-refractivity contribution >= 4 is 11.9 Å². The third kappa shape index (κ3) is 3.40. The van der Waals surface area contributed by atoms with Gasteiger partial charge in [-0.1, -0.05) is 25.5 Å². The number of halogens is 1. The molecule has 114 valence electrons. The van der Waals surface area contributed by atoms with E-state index in [1.807, 2.05) is 0 Å². The zero-order valence-electron chi connectivity index (χ0n) is 12.1. The van der Waals surface area contributed by atoms with E-state index in [2.05, 4.69) is 5.32 Å². The fourth-order valence-corrected chi connectivity index (χ4v) is 2.77. The molecule has 4 nitrogen and oxygen atoms in total. The second-order valence-electron chi connectivity index (χ2n) is 5.86. The maximum absolute atomic E-state index is 13.4. The van der Waals surface area contributed by atoms with E-state index in [4.69, 9.17) is 5.11 Å². The summed E-state index contributed by atoms with van der Waals surface area (Å²) in [5.41, 5.74) is 0.0579. The topological polar surface area (TPSA) is 66.4 Å². The van der Waals surface area contributed by atoms with Crippen molar-refractivity contribution < 1.29 is 19.1 Å². The highest BCUT2D eigenvalue weighted by Crippen LogP contribution is 2.44. The zero-order valence-corrected chi connectivity index (χ0v) is 12.1. The first-order valence-electron chi connectivity index (χ1n) is 7.20. The van der Waals surface area contributed by atoms with Crippen LogP contribution in [-0.2, 0) is 15.0 Å². The molecular weight excluding hydrogens is 273 g/mol. The Labute approximate surface area is 123 Å². The van der Waals surface area contributed by atoms with Gasteiger partial charge < -0.3 is 10.4 Å². The molecule has 0 heterocycles. The lowest BCUT2D eigenvalue weighted by atomic mass is 9.63. The van der Waals surface area contributed by atoms with E-state index >= 15 is 0 Å². The molecule has 0 saturated heterocycles. The fraction of sp³-hybridized carbons (Fsp3) is 0.500. The van der Waals surface area contributed by atoms with E-state index in [1.54, 1.807) is 19.1 Å². The summed E-state index contributed by atoms with van der Waals surface area (Å²) in [7, 11) is 0. The number of carboxylic acids is 1. The van der Waals surface area contributed by atoms with Crippen molar-refractivity contribution in [1.29, 1.82) is 0 Å². The average Bonchev–Trinajstić information content (AvgIpc) is 2.34. The number of carboxylic acid groups (broad SMARTS) is 1. The molecule has 1 unspecified atom stereocenters. The number of rotatable bonds is 6. The Morgan fingerprint density at radius 3 is 2.67 bits per heavy atom. The number of nitrogens with one attached hydrogen (secondary N) is 1. The van der Waals surface area contributed by atoms with Gasteiger partial charge in [0, 0.05) is 13.0 Å². The summed E-state index contributed by atoms with van der Waals surface area (Å²) < 4.78 is 13.4. The van der Waals surface area contributed by atoms with E-state index < -0.39 is 11.4 Å². The van der Waals surface area contributed by atoms with Crippen LogP contribution < -0.4 is 5.32 Å². The van der Waals surface area contributed by atoms with Gasteiger partial charge in [0.15, 0.2) is 0 Å². The lowest BCUT2D eigenvalue weighted by Gasteiger charge is -2.41. The van der Waals surface area contributed by atoms with Crippen LogP contribution in [0.2, 0.25) is 0 Å². The van der Waals surface area contributed by atoms with Crippen molar-refractivity contribution in [3.05, 3.63) is 35.6 Å². The van der Waals surface area contributed by atoms with Crippen molar-refractivity contribution in [2.75, 3.05) is 6.54 Å². The first-order chi connectivity index (χ1) is 9.94. The molecular formula is C16H20FNO3. The van der Waals surface area contributed by atoms with Crippen LogP contribution in [0.25, 0.3) is 0 Å². The number of carbonyl (C=O) groups excluding carboxylic acids is 1. The van der Waals surface area contributed by atoms with Crippen LogP contribution in [0.4, 0.5) is 4.39 Å². The van der Waals surface area contributed by atoms with Crippen molar-refractivity contribution in [2.24, 2.45) is 5.92 Å². The van der Waals surface area contributed by atoms with E-state index in [-0.39, 0.29) is 24.1 Å². The minimum Gasteiger partial charge on any atom is -0.481 e. The fourth-order valence-electron chi connectivity index (χ4n) is 2.77. The first-order valence-corrected chi connectivity index (χ1v) is 7.20. The smallest absolute Gasteiger partial charge is 0.303 e. The Hall–Kier alpha value is -1.91. The van der Waals surface area contributed by atoms with Crippen LogP contribution in [0.1, 0.15) is 38.2 Å². The standard InChI is InChI=1S/C16H20FNO3/c1-11(8-14(19)20)10-18-15(21)16(6-3-7-16)12-4-2-5-13(17)9-12/h2,4-5,9,11H,3,6-8,10H2,1H3,(H,18,21)(H,19,20). The van der Waals surface area contributed by atoms with Crippen molar-refractivity contribution in [3.8, 4) is 0 Å². The number of aliphatic carboxylic acids is 1.